The standard InChI is InChI=1S/C12H15Cl2NO/c13-10-6-9(12(16)7-11(10)14)8-2-1-4-15-5-3-8/h6-8,15-16H,1-5H2. The van der Waals surface area contributed by atoms with Crippen LogP contribution in [0.4, 0.5) is 0 Å². The predicted molar refractivity (Wildman–Crippen MR) is 67.6 cm³/mol. The van der Waals surface area contributed by atoms with E-state index in [9.17, 15) is 5.11 Å². The lowest BCUT2D eigenvalue weighted by Crippen LogP contribution is -2.13. The van der Waals surface area contributed by atoms with Gasteiger partial charge in [-0.05, 0) is 49.9 Å². The van der Waals surface area contributed by atoms with Crippen molar-refractivity contribution in [3.8, 4) is 5.75 Å². The molecular weight excluding hydrogens is 245 g/mol. The maximum atomic E-state index is 9.90. The Morgan fingerprint density at radius 3 is 2.69 bits per heavy atom. The number of phenols is 1. The average Bonchev–Trinajstić information content (AvgIpc) is 2.52. The van der Waals surface area contributed by atoms with Crippen LogP contribution in [0.1, 0.15) is 30.7 Å². The number of halogens is 2. The third kappa shape index (κ3) is 2.62. The number of hydrogen-bond acceptors (Lipinski definition) is 2. The zero-order valence-electron chi connectivity index (χ0n) is 8.97. The highest BCUT2D eigenvalue weighted by molar-refractivity contribution is 6.42. The van der Waals surface area contributed by atoms with Gasteiger partial charge in [0.25, 0.3) is 0 Å². The van der Waals surface area contributed by atoms with E-state index in [2.05, 4.69) is 5.32 Å². The Kier molecular flexibility index (Phi) is 3.95. The van der Waals surface area contributed by atoms with Gasteiger partial charge < -0.3 is 10.4 Å². The Morgan fingerprint density at radius 2 is 1.88 bits per heavy atom. The third-order valence-electron chi connectivity index (χ3n) is 3.09. The minimum absolute atomic E-state index is 0.265. The van der Waals surface area contributed by atoms with Crippen LogP contribution in [0.5, 0.6) is 5.75 Å². The fourth-order valence-electron chi connectivity index (χ4n) is 2.21. The van der Waals surface area contributed by atoms with Crippen LogP contribution >= 0.6 is 23.2 Å². The lowest BCUT2D eigenvalue weighted by atomic mass is 9.91. The molecule has 1 aromatic carbocycles. The predicted octanol–water partition coefficient (Wildman–Crippen LogP) is 3.56. The smallest absolute Gasteiger partial charge is 0.120 e. The monoisotopic (exact) mass is 259 g/mol. The number of rotatable bonds is 1. The zero-order valence-corrected chi connectivity index (χ0v) is 10.5. The Balaban J connectivity index is 2.27. The SMILES string of the molecule is Oc1cc(Cl)c(Cl)cc1C1CCCNCC1. The van der Waals surface area contributed by atoms with E-state index in [0.717, 1.165) is 37.9 Å². The first-order chi connectivity index (χ1) is 7.68. The van der Waals surface area contributed by atoms with Crippen molar-refractivity contribution in [3.63, 3.8) is 0 Å². The van der Waals surface area contributed by atoms with Crippen molar-refractivity contribution in [1.82, 2.24) is 5.32 Å². The normalized spacial score (nSPS) is 21.8. The number of aromatic hydroxyl groups is 1. The summed E-state index contributed by atoms with van der Waals surface area (Å²) < 4.78 is 0. The van der Waals surface area contributed by atoms with Crippen molar-refractivity contribution >= 4 is 23.2 Å². The molecule has 0 aromatic heterocycles. The summed E-state index contributed by atoms with van der Waals surface area (Å²) in [4.78, 5) is 0. The Bertz CT molecular complexity index is 374. The molecule has 0 saturated carbocycles. The Morgan fingerprint density at radius 1 is 1.12 bits per heavy atom. The molecule has 1 heterocycles. The van der Waals surface area contributed by atoms with Crippen molar-refractivity contribution < 1.29 is 5.11 Å². The van der Waals surface area contributed by atoms with E-state index in [0.29, 0.717) is 16.0 Å². The number of nitrogens with one attached hydrogen (secondary N) is 1. The summed E-state index contributed by atoms with van der Waals surface area (Å²) in [6, 6.07) is 3.34. The van der Waals surface area contributed by atoms with E-state index in [1.165, 1.54) is 6.07 Å². The molecule has 1 atom stereocenters. The molecule has 1 aliphatic heterocycles. The van der Waals surface area contributed by atoms with Crippen molar-refractivity contribution in [2.75, 3.05) is 13.1 Å². The van der Waals surface area contributed by atoms with Gasteiger partial charge in [0.2, 0.25) is 0 Å². The summed E-state index contributed by atoms with van der Waals surface area (Å²) in [6.07, 6.45) is 3.24. The van der Waals surface area contributed by atoms with Crippen molar-refractivity contribution in [1.29, 1.82) is 0 Å². The first-order valence-corrected chi connectivity index (χ1v) is 6.32. The van der Waals surface area contributed by atoms with Gasteiger partial charge in [-0.25, -0.2) is 0 Å². The van der Waals surface area contributed by atoms with Crippen LogP contribution in [0, 0.1) is 0 Å². The van der Waals surface area contributed by atoms with Crippen LogP contribution in [0.2, 0.25) is 10.0 Å². The van der Waals surface area contributed by atoms with E-state index in [4.69, 9.17) is 23.2 Å². The largest absolute Gasteiger partial charge is 0.508 e. The van der Waals surface area contributed by atoms with Crippen molar-refractivity contribution in [3.05, 3.63) is 27.7 Å². The summed E-state index contributed by atoms with van der Waals surface area (Å²) in [5.74, 6) is 0.645. The molecule has 0 bridgehead atoms. The minimum Gasteiger partial charge on any atom is -0.508 e. The molecule has 88 valence electrons. The van der Waals surface area contributed by atoms with Crippen LogP contribution in [0.3, 0.4) is 0 Å². The van der Waals surface area contributed by atoms with Gasteiger partial charge in [0, 0.05) is 6.07 Å². The molecule has 16 heavy (non-hydrogen) atoms. The summed E-state index contributed by atoms with van der Waals surface area (Å²) >= 11 is 11.8. The molecule has 0 aliphatic carbocycles. The Hall–Kier alpha value is -0.440. The van der Waals surface area contributed by atoms with E-state index in [1.54, 1.807) is 6.07 Å². The van der Waals surface area contributed by atoms with Gasteiger partial charge in [-0.2, -0.15) is 0 Å². The van der Waals surface area contributed by atoms with Crippen molar-refractivity contribution in [2.24, 2.45) is 0 Å². The fraction of sp³-hybridized carbons (Fsp3) is 0.500. The fourth-order valence-corrected chi connectivity index (χ4v) is 2.54. The second kappa shape index (κ2) is 5.26. The van der Waals surface area contributed by atoms with Gasteiger partial charge in [-0.1, -0.05) is 23.2 Å². The quantitative estimate of drug-likeness (QED) is 0.809. The van der Waals surface area contributed by atoms with Gasteiger partial charge in [0.05, 0.1) is 10.0 Å². The summed E-state index contributed by atoms with van der Waals surface area (Å²) in [5, 5.41) is 14.2. The van der Waals surface area contributed by atoms with Crippen LogP contribution < -0.4 is 5.32 Å². The summed E-state index contributed by atoms with van der Waals surface area (Å²) in [7, 11) is 0. The van der Waals surface area contributed by atoms with Gasteiger partial charge in [0.15, 0.2) is 0 Å². The molecule has 0 spiro atoms. The highest BCUT2D eigenvalue weighted by Gasteiger charge is 2.18. The molecule has 2 N–H and O–H groups in total. The van der Waals surface area contributed by atoms with Gasteiger partial charge in [0.1, 0.15) is 5.75 Å². The van der Waals surface area contributed by atoms with Gasteiger partial charge in [-0.15, -0.1) is 0 Å². The summed E-state index contributed by atoms with van der Waals surface area (Å²) in [5.41, 5.74) is 0.929. The van der Waals surface area contributed by atoms with E-state index >= 15 is 0 Å². The second-order valence-corrected chi connectivity index (χ2v) is 5.02. The lowest BCUT2D eigenvalue weighted by Gasteiger charge is -2.16. The van der Waals surface area contributed by atoms with E-state index in [-0.39, 0.29) is 5.75 Å². The molecule has 0 amide bonds. The zero-order chi connectivity index (χ0) is 11.5. The highest BCUT2D eigenvalue weighted by Crippen LogP contribution is 2.37. The van der Waals surface area contributed by atoms with Crippen LogP contribution in [-0.2, 0) is 0 Å². The maximum Gasteiger partial charge on any atom is 0.120 e. The second-order valence-electron chi connectivity index (χ2n) is 4.20. The lowest BCUT2D eigenvalue weighted by molar-refractivity contribution is 0.455. The van der Waals surface area contributed by atoms with Crippen LogP contribution in [0.15, 0.2) is 12.1 Å². The third-order valence-corrected chi connectivity index (χ3v) is 3.81. The summed E-state index contributed by atoms with van der Waals surface area (Å²) in [6.45, 7) is 2.04. The molecule has 2 nitrogen and oxygen atoms in total. The number of phenolic OH excluding ortho intramolecular Hbond substituents is 1. The highest BCUT2D eigenvalue weighted by atomic mass is 35.5. The molecule has 1 fully saturated rings. The Labute approximate surface area is 106 Å². The van der Waals surface area contributed by atoms with E-state index < -0.39 is 0 Å². The number of benzene rings is 1. The minimum atomic E-state index is 0.265. The molecule has 1 aliphatic rings. The molecular formula is C12H15Cl2NO. The van der Waals surface area contributed by atoms with Gasteiger partial charge >= 0.3 is 0 Å². The topological polar surface area (TPSA) is 32.3 Å². The average molecular weight is 260 g/mol. The molecule has 2 rings (SSSR count). The van der Waals surface area contributed by atoms with Crippen molar-refractivity contribution in [2.45, 2.75) is 25.2 Å². The first-order valence-electron chi connectivity index (χ1n) is 5.57. The molecule has 1 aromatic rings. The molecule has 1 unspecified atom stereocenters. The molecule has 0 radical (unpaired) electrons. The van der Waals surface area contributed by atoms with E-state index in [1.807, 2.05) is 0 Å². The number of hydrogen-bond donors (Lipinski definition) is 2. The van der Waals surface area contributed by atoms with Crippen LogP contribution in [-0.4, -0.2) is 18.2 Å². The van der Waals surface area contributed by atoms with Crippen LogP contribution in [0.25, 0.3) is 0 Å². The maximum absolute atomic E-state index is 9.90. The molecule has 1 saturated heterocycles. The first kappa shape index (κ1) is 12.0. The van der Waals surface area contributed by atoms with Gasteiger partial charge in [-0.3, -0.25) is 0 Å². The molecule has 4 heteroatoms.